The molecule has 2 heterocycles. The van der Waals surface area contributed by atoms with E-state index < -0.39 is 59.6 Å². The second-order valence-corrected chi connectivity index (χ2v) is 15.2. The molecule has 19 heteroatoms. The van der Waals surface area contributed by atoms with Gasteiger partial charge in [-0.05, 0) is 12.1 Å². The van der Waals surface area contributed by atoms with Gasteiger partial charge in [0.25, 0.3) is 11.4 Å². The molecule has 0 unspecified atom stereocenters. The van der Waals surface area contributed by atoms with Crippen molar-refractivity contribution in [1.29, 1.82) is 0 Å². The van der Waals surface area contributed by atoms with Crippen LogP contribution >= 0.6 is 69.6 Å². The van der Waals surface area contributed by atoms with Crippen LogP contribution in [0.5, 0.6) is 0 Å². The minimum absolute atomic E-state index is 0.272. The van der Waals surface area contributed by atoms with Crippen LogP contribution in [0.2, 0.25) is 0 Å². The van der Waals surface area contributed by atoms with E-state index in [2.05, 4.69) is 9.97 Å². The molecule has 0 amide bonds. The lowest BCUT2D eigenvalue weighted by molar-refractivity contribution is -0.384. The van der Waals surface area contributed by atoms with Crippen molar-refractivity contribution in [2.75, 3.05) is 0 Å². The molecule has 0 saturated heterocycles. The molecule has 0 fully saturated rings. The molecule has 4 rings (SSSR count). The van der Waals surface area contributed by atoms with E-state index in [4.69, 9.17) is 69.6 Å². The number of imidazole rings is 2. The Hall–Kier alpha value is -2.65. The van der Waals surface area contributed by atoms with Gasteiger partial charge in [0.05, 0.1) is 30.8 Å². The smallest absolute Gasteiger partial charge is 0.293 e. The first kappa shape index (κ1) is 33.2. The van der Waals surface area contributed by atoms with E-state index in [1.54, 1.807) is 13.8 Å². The normalized spacial score (nSPS) is 12.5. The third-order valence-corrected chi connectivity index (χ3v) is 9.30. The van der Waals surface area contributed by atoms with Crippen LogP contribution in [-0.4, -0.2) is 37.4 Å². The number of nitro benzene ring substituents is 2. The highest BCUT2D eigenvalue weighted by atomic mass is 35.6. The van der Waals surface area contributed by atoms with E-state index in [1.165, 1.54) is 33.9 Å². The summed E-state index contributed by atoms with van der Waals surface area (Å²) in [5.74, 6) is 0.583. The zero-order valence-corrected chi connectivity index (χ0v) is 27.2. The zero-order valence-electron chi connectivity index (χ0n) is 21.8. The quantitative estimate of drug-likeness (QED) is 0.103. The van der Waals surface area contributed by atoms with Gasteiger partial charge < -0.3 is 0 Å². The molecule has 0 aliphatic rings. The summed E-state index contributed by atoms with van der Waals surface area (Å²) in [6, 6.07) is 3.62. The van der Waals surface area contributed by atoms with E-state index in [9.17, 15) is 28.6 Å². The summed E-state index contributed by atoms with van der Waals surface area (Å²) in [4.78, 5) is 29.6. The number of nitro groups is 2. The Morgan fingerprint density at radius 3 is 1.35 bits per heavy atom. The molecule has 4 aromatic rings. The van der Waals surface area contributed by atoms with Crippen molar-refractivity contribution in [3.63, 3.8) is 0 Å². The van der Waals surface area contributed by atoms with Crippen LogP contribution in [0, 0.1) is 20.2 Å². The van der Waals surface area contributed by atoms with Crippen molar-refractivity contribution in [3.8, 4) is 11.4 Å². The van der Waals surface area contributed by atoms with Gasteiger partial charge in [0, 0.05) is 49.8 Å². The van der Waals surface area contributed by atoms with E-state index in [-0.39, 0.29) is 24.2 Å². The summed E-state index contributed by atoms with van der Waals surface area (Å²) < 4.78 is 26.4. The van der Waals surface area contributed by atoms with Gasteiger partial charge in [-0.1, -0.05) is 83.5 Å². The van der Waals surface area contributed by atoms with Crippen LogP contribution in [0.1, 0.15) is 36.6 Å². The standard InChI is InChI=1S/C24H18Cl6N6O6S/c1-3-17-31-9-11-33(17)21-13(35(37)38)5-7-15(19(21)23(25,26)27)43(41,42)16-8-6-14(36(39)40)22(20(16)24(28,29)30)34-12-10-32-18(34)4-2/h5-12H,3-4H2,1-2H3. The van der Waals surface area contributed by atoms with Crippen molar-refractivity contribution in [3.05, 3.63) is 92.1 Å². The van der Waals surface area contributed by atoms with Crippen LogP contribution in [0.25, 0.3) is 11.4 Å². The number of hydrogen-bond donors (Lipinski definition) is 0. The number of sulfone groups is 1. The van der Waals surface area contributed by atoms with Crippen molar-refractivity contribution in [2.24, 2.45) is 0 Å². The lowest BCUT2D eigenvalue weighted by atomic mass is 10.1. The molecule has 228 valence electrons. The molecule has 12 nitrogen and oxygen atoms in total. The Kier molecular flexibility index (Phi) is 9.30. The summed E-state index contributed by atoms with van der Waals surface area (Å²) in [6.07, 6.45) is 5.92. The third kappa shape index (κ3) is 6.04. The highest BCUT2D eigenvalue weighted by Crippen LogP contribution is 2.52. The Balaban J connectivity index is 2.22. The minimum Gasteiger partial charge on any atom is -0.297 e. The van der Waals surface area contributed by atoms with Crippen molar-refractivity contribution < 1.29 is 18.3 Å². The molecule has 0 aliphatic heterocycles. The molecule has 43 heavy (non-hydrogen) atoms. The summed E-state index contributed by atoms with van der Waals surface area (Å²) in [7, 11) is -4.94. The molecule has 0 aliphatic carbocycles. The van der Waals surface area contributed by atoms with Gasteiger partial charge in [0.15, 0.2) is 0 Å². The van der Waals surface area contributed by atoms with Crippen LogP contribution in [0.4, 0.5) is 11.4 Å². The Labute approximate surface area is 274 Å². The average Bonchev–Trinajstić information content (AvgIpc) is 3.59. The molecule has 0 bridgehead atoms. The first-order valence-electron chi connectivity index (χ1n) is 12.0. The minimum atomic E-state index is -4.94. The van der Waals surface area contributed by atoms with Crippen LogP contribution < -0.4 is 0 Å². The molecule has 0 radical (unpaired) electrons. The second-order valence-electron chi connectivity index (χ2n) is 8.76. The topological polar surface area (TPSA) is 156 Å². The maximum Gasteiger partial charge on any atom is 0.293 e. The predicted molar refractivity (Wildman–Crippen MR) is 163 cm³/mol. The number of nitrogens with zero attached hydrogens (tertiary/aromatic N) is 6. The molecule has 0 N–H and O–H groups in total. The number of rotatable bonds is 8. The van der Waals surface area contributed by atoms with Crippen LogP contribution in [-0.2, 0) is 30.3 Å². The molecule has 0 spiro atoms. The molecular weight excluding hydrogens is 713 g/mol. The summed E-state index contributed by atoms with van der Waals surface area (Å²) in [5.41, 5.74) is -3.12. The second kappa shape index (κ2) is 12.0. The van der Waals surface area contributed by atoms with Crippen molar-refractivity contribution >= 4 is 90.8 Å². The monoisotopic (exact) mass is 728 g/mol. The van der Waals surface area contributed by atoms with Gasteiger partial charge in [0.1, 0.15) is 23.0 Å². The van der Waals surface area contributed by atoms with Gasteiger partial charge in [-0.15, -0.1) is 0 Å². The van der Waals surface area contributed by atoms with E-state index in [0.29, 0.717) is 11.6 Å². The number of aromatic nitrogens is 4. The van der Waals surface area contributed by atoms with Gasteiger partial charge in [-0.3, -0.25) is 29.4 Å². The van der Waals surface area contributed by atoms with Gasteiger partial charge in [-0.25, -0.2) is 18.4 Å². The number of alkyl halides is 6. The molecule has 0 atom stereocenters. The average molecular weight is 731 g/mol. The lowest BCUT2D eigenvalue weighted by Gasteiger charge is -2.25. The third-order valence-electron chi connectivity index (χ3n) is 6.33. The SMILES string of the molecule is CCc1nccn1-c1c([N+](=O)[O-])ccc(S(=O)(=O)c2ccc([N+](=O)[O-])c(-n3ccnc3CC)c2C(Cl)(Cl)Cl)c1C(Cl)(Cl)Cl. The Morgan fingerprint density at radius 1 is 0.721 bits per heavy atom. The number of halogens is 6. The molecule has 2 aromatic carbocycles. The van der Waals surface area contributed by atoms with E-state index in [1.807, 2.05) is 0 Å². The molecular formula is C24H18Cl6N6O6S. The van der Waals surface area contributed by atoms with Crippen molar-refractivity contribution in [2.45, 2.75) is 44.1 Å². The summed E-state index contributed by atoms with van der Waals surface area (Å²) in [6.45, 7) is 3.43. The Bertz CT molecular complexity index is 1740. The van der Waals surface area contributed by atoms with Crippen molar-refractivity contribution in [1.82, 2.24) is 19.1 Å². The maximum atomic E-state index is 14.5. The predicted octanol–water partition coefficient (Wildman–Crippen LogP) is 7.49. The fourth-order valence-corrected chi connectivity index (χ4v) is 7.87. The van der Waals surface area contributed by atoms with E-state index in [0.717, 1.165) is 24.3 Å². The fourth-order valence-electron chi connectivity index (χ4n) is 4.62. The number of benzene rings is 2. The zero-order chi connectivity index (χ0) is 32.1. The van der Waals surface area contributed by atoms with E-state index >= 15 is 0 Å². The molecule has 2 aromatic heterocycles. The summed E-state index contributed by atoms with van der Waals surface area (Å²) in [5, 5.41) is 24.2. The van der Waals surface area contributed by atoms with Gasteiger partial charge >= 0.3 is 0 Å². The maximum absolute atomic E-state index is 14.5. The largest absolute Gasteiger partial charge is 0.297 e. The lowest BCUT2D eigenvalue weighted by Crippen LogP contribution is -2.21. The number of hydrogen-bond acceptors (Lipinski definition) is 8. The van der Waals surface area contributed by atoms with Gasteiger partial charge in [0.2, 0.25) is 17.4 Å². The first-order valence-corrected chi connectivity index (χ1v) is 15.8. The van der Waals surface area contributed by atoms with Crippen LogP contribution in [0.15, 0.2) is 58.8 Å². The number of aryl methyl sites for hydroxylation is 2. The highest BCUT2D eigenvalue weighted by Gasteiger charge is 2.44. The summed E-state index contributed by atoms with van der Waals surface area (Å²) >= 11 is 38.0. The first-order chi connectivity index (χ1) is 20.0. The fraction of sp³-hybridized carbons (Fsp3) is 0.250. The van der Waals surface area contributed by atoms with Gasteiger partial charge in [-0.2, -0.15) is 0 Å². The highest BCUT2D eigenvalue weighted by molar-refractivity contribution is 7.91. The molecule has 0 saturated carbocycles. The Morgan fingerprint density at radius 2 is 1.07 bits per heavy atom. The van der Waals surface area contributed by atoms with Crippen LogP contribution in [0.3, 0.4) is 0 Å².